The van der Waals surface area contributed by atoms with Gasteiger partial charge in [0.1, 0.15) is 0 Å². The van der Waals surface area contributed by atoms with E-state index in [0.29, 0.717) is 5.82 Å². The van der Waals surface area contributed by atoms with Crippen molar-refractivity contribution in [3.05, 3.63) is 181 Å². The molecule has 0 spiro atoms. The molecule has 0 N–H and O–H groups in total. The fourth-order valence-electron chi connectivity index (χ4n) is 7.11. The number of fused-ring (bicyclic) bond motifs is 7. The Labute approximate surface area is 292 Å². The molecule has 6 aromatic carbocycles. The van der Waals surface area contributed by atoms with Crippen LogP contribution in [0.1, 0.15) is 5.69 Å². The lowest BCUT2D eigenvalue weighted by molar-refractivity contribution is 1.15. The third-order valence-electron chi connectivity index (χ3n) is 9.51. The van der Waals surface area contributed by atoms with Crippen LogP contribution >= 0.6 is 11.3 Å². The lowest BCUT2D eigenvalue weighted by Gasteiger charge is -2.12. The Morgan fingerprint density at radius 3 is 2.04 bits per heavy atom. The third kappa shape index (κ3) is 4.68. The highest BCUT2D eigenvalue weighted by molar-refractivity contribution is 7.26. The minimum atomic E-state index is 0.684. The minimum Gasteiger partial charge on any atom is -0.308 e. The molecule has 0 saturated carbocycles. The van der Waals surface area contributed by atoms with Crippen LogP contribution in [-0.4, -0.2) is 14.5 Å². The molecule has 10 rings (SSSR count). The van der Waals surface area contributed by atoms with E-state index in [4.69, 9.17) is 9.97 Å². The molecule has 9 aromatic rings. The van der Waals surface area contributed by atoms with Crippen LogP contribution in [-0.2, 0) is 0 Å². The quantitative estimate of drug-likeness (QED) is 0.173. The number of hydrogen-bond donors (Lipinski definition) is 0. The minimum absolute atomic E-state index is 0.684. The van der Waals surface area contributed by atoms with Gasteiger partial charge >= 0.3 is 0 Å². The Morgan fingerprint density at radius 2 is 1.24 bits per heavy atom. The summed E-state index contributed by atoms with van der Waals surface area (Å²) in [5.74, 6) is 0.684. The smallest absolute Gasteiger partial charge is 0.160 e. The summed E-state index contributed by atoms with van der Waals surface area (Å²) in [6, 6.07) is 51.8. The van der Waals surface area contributed by atoms with Crippen molar-refractivity contribution < 1.29 is 0 Å². The lowest BCUT2D eigenvalue weighted by Crippen LogP contribution is -1.99. The predicted molar refractivity (Wildman–Crippen MR) is 210 cm³/mol. The summed E-state index contributed by atoms with van der Waals surface area (Å²) in [7, 11) is 0. The van der Waals surface area contributed by atoms with E-state index in [1.165, 1.54) is 53.1 Å². The molecule has 232 valence electrons. The molecule has 50 heavy (non-hydrogen) atoms. The van der Waals surface area contributed by atoms with Gasteiger partial charge in [0.15, 0.2) is 5.82 Å². The molecular formula is C46H27N3S. The molecule has 0 aliphatic heterocycles. The second kappa shape index (κ2) is 11.6. The summed E-state index contributed by atoms with van der Waals surface area (Å²) >= 11 is 1.87. The first kappa shape index (κ1) is 28.5. The van der Waals surface area contributed by atoms with Crippen LogP contribution in [0.2, 0.25) is 0 Å². The second-order valence-corrected chi connectivity index (χ2v) is 13.5. The van der Waals surface area contributed by atoms with E-state index in [2.05, 4.69) is 137 Å². The van der Waals surface area contributed by atoms with Crippen molar-refractivity contribution in [2.45, 2.75) is 0 Å². The highest BCUT2D eigenvalue weighted by Crippen LogP contribution is 2.44. The van der Waals surface area contributed by atoms with E-state index in [0.717, 1.165) is 33.8 Å². The van der Waals surface area contributed by atoms with Gasteiger partial charge in [0.25, 0.3) is 0 Å². The first-order chi connectivity index (χ1) is 24.8. The van der Waals surface area contributed by atoms with Crippen molar-refractivity contribution in [2.24, 2.45) is 0 Å². The van der Waals surface area contributed by atoms with E-state index < -0.39 is 0 Å². The van der Waals surface area contributed by atoms with Crippen molar-refractivity contribution in [1.29, 1.82) is 0 Å². The van der Waals surface area contributed by atoms with Gasteiger partial charge in [0, 0.05) is 48.6 Å². The topological polar surface area (TPSA) is 30.7 Å². The molecular weight excluding hydrogens is 627 g/mol. The molecule has 3 nitrogen and oxygen atoms in total. The normalized spacial score (nSPS) is 12.4. The standard InChI is InChI=1S/C46H27N3S/c1-4-12-30(13-5-1)34-22-27-43-39(28-34)38-26-25-37-36-18-10-11-19-42(36)49(44(37)45(38)50-43)35-23-20-33(21-24-35)46-47-40(31-14-6-2-7-15-31)29-41(48-46)32-16-8-3-9-17-32/h1-2,4-8,10-29H. The fraction of sp³-hybridized carbons (Fsp3) is 0. The van der Waals surface area contributed by atoms with Crippen LogP contribution in [0.15, 0.2) is 175 Å². The van der Waals surface area contributed by atoms with Gasteiger partial charge in [-0.2, -0.15) is 0 Å². The lowest BCUT2D eigenvalue weighted by atomic mass is 10.0. The van der Waals surface area contributed by atoms with Crippen molar-refractivity contribution in [2.75, 3.05) is 0 Å². The summed E-state index contributed by atoms with van der Waals surface area (Å²) in [4.78, 5) is 10.1. The zero-order valence-corrected chi connectivity index (χ0v) is 27.7. The highest BCUT2D eigenvalue weighted by atomic mass is 32.1. The van der Waals surface area contributed by atoms with Gasteiger partial charge in [-0.05, 0) is 77.9 Å². The molecule has 0 atom stereocenters. The predicted octanol–water partition coefficient (Wildman–Crippen LogP) is 12.2. The fourth-order valence-corrected chi connectivity index (χ4v) is 8.33. The highest BCUT2D eigenvalue weighted by Gasteiger charge is 2.19. The average Bonchev–Trinajstić information content (AvgIpc) is 3.74. The third-order valence-corrected chi connectivity index (χ3v) is 10.7. The maximum atomic E-state index is 5.05. The van der Waals surface area contributed by atoms with Gasteiger partial charge < -0.3 is 4.57 Å². The van der Waals surface area contributed by atoms with E-state index in [-0.39, 0.29) is 0 Å². The van der Waals surface area contributed by atoms with Gasteiger partial charge in [-0.15, -0.1) is 11.3 Å². The van der Waals surface area contributed by atoms with Crippen LogP contribution in [0.4, 0.5) is 0 Å². The van der Waals surface area contributed by atoms with Crippen LogP contribution in [0.25, 0.3) is 87.0 Å². The molecule has 0 saturated heterocycles. The molecule has 0 bridgehead atoms. The average molecular weight is 654 g/mol. The summed E-state index contributed by atoms with van der Waals surface area (Å²) in [6.45, 7) is 0. The van der Waals surface area contributed by atoms with E-state index in [1.54, 1.807) is 0 Å². The Kier molecular flexibility index (Phi) is 6.58. The van der Waals surface area contributed by atoms with Crippen molar-refractivity contribution in [1.82, 2.24) is 14.5 Å². The number of benzene rings is 6. The number of rotatable bonds is 5. The van der Waals surface area contributed by atoms with Gasteiger partial charge in [-0.1, -0.05) is 109 Å². The van der Waals surface area contributed by atoms with Crippen molar-refractivity contribution >= 4 is 58.9 Å². The number of para-hydroxylation sites is 1. The van der Waals surface area contributed by atoms with Crippen LogP contribution in [0, 0.1) is 0 Å². The Bertz CT molecular complexity index is 2920. The molecule has 0 unspecified atom stereocenters. The number of thiophene rings is 1. The molecule has 0 radical (unpaired) electrons. The Balaban J connectivity index is 1.14. The van der Waals surface area contributed by atoms with Gasteiger partial charge in [-0.3, -0.25) is 0 Å². The van der Waals surface area contributed by atoms with Crippen LogP contribution in [0.5, 0.6) is 0 Å². The Hall–Kier alpha value is -6.54. The molecule has 4 heteroatoms. The number of allylic oxidation sites excluding steroid dienone is 4. The molecule has 1 aliphatic carbocycles. The molecule has 3 aromatic heterocycles. The maximum absolute atomic E-state index is 5.05. The first-order valence-corrected chi connectivity index (χ1v) is 17.5. The van der Waals surface area contributed by atoms with Crippen molar-refractivity contribution in [3.8, 4) is 39.5 Å². The van der Waals surface area contributed by atoms with Gasteiger partial charge in [0.05, 0.1) is 27.1 Å². The van der Waals surface area contributed by atoms with E-state index in [9.17, 15) is 0 Å². The zero-order chi connectivity index (χ0) is 33.0. The number of hydrogen-bond acceptors (Lipinski definition) is 3. The number of aromatic nitrogens is 3. The van der Waals surface area contributed by atoms with Crippen molar-refractivity contribution in [3.63, 3.8) is 0 Å². The maximum Gasteiger partial charge on any atom is 0.160 e. The SMILES string of the molecule is C1=C=CC(c2cc(-c3ccccc3)nc(-c3ccc(-n4c5ccccc5c5ccc6c7cc(-c8ccccc8)ccc7sc6c54)cc3)n2)=CC=1. The Morgan fingerprint density at radius 1 is 0.520 bits per heavy atom. The summed E-state index contributed by atoms with van der Waals surface area (Å²) in [6.07, 6.45) is 5.80. The monoisotopic (exact) mass is 653 g/mol. The van der Waals surface area contributed by atoms with E-state index in [1.807, 2.05) is 53.8 Å². The van der Waals surface area contributed by atoms with Crippen LogP contribution in [0.3, 0.4) is 0 Å². The number of nitrogens with zero attached hydrogens (tertiary/aromatic N) is 3. The molecule has 1 aliphatic rings. The van der Waals surface area contributed by atoms with E-state index >= 15 is 0 Å². The zero-order valence-electron chi connectivity index (χ0n) is 26.8. The second-order valence-electron chi connectivity index (χ2n) is 12.5. The summed E-state index contributed by atoms with van der Waals surface area (Å²) in [5.41, 5.74) is 16.8. The molecule has 0 fully saturated rings. The summed E-state index contributed by atoms with van der Waals surface area (Å²) < 4.78 is 5.01. The molecule has 3 heterocycles. The van der Waals surface area contributed by atoms with Gasteiger partial charge in [-0.25, -0.2) is 9.97 Å². The first-order valence-electron chi connectivity index (χ1n) is 16.7. The summed E-state index contributed by atoms with van der Waals surface area (Å²) in [5, 5.41) is 5.08. The van der Waals surface area contributed by atoms with Crippen LogP contribution < -0.4 is 0 Å². The largest absolute Gasteiger partial charge is 0.308 e. The van der Waals surface area contributed by atoms with Gasteiger partial charge in [0.2, 0.25) is 0 Å². The molecule has 0 amide bonds.